The molecule has 2 aliphatic rings. The Kier molecular flexibility index (Phi) is 4.05. The lowest BCUT2D eigenvalue weighted by Gasteiger charge is -2.48. The lowest BCUT2D eigenvalue weighted by molar-refractivity contribution is -0.147. The zero-order valence-corrected chi connectivity index (χ0v) is 14.1. The third-order valence-corrected chi connectivity index (χ3v) is 6.98. The number of nitrogens with one attached hydrogen (secondary N) is 1. The van der Waals surface area contributed by atoms with Crippen molar-refractivity contribution < 1.29 is 4.74 Å². The fourth-order valence-corrected chi connectivity index (χ4v) is 5.29. The monoisotopic (exact) mass is 343 g/mol. The average molecular weight is 344 g/mol. The molecule has 106 valence electrons. The van der Waals surface area contributed by atoms with E-state index >= 15 is 0 Å². The largest absolute Gasteiger partial charge is 0.375 e. The summed E-state index contributed by atoms with van der Waals surface area (Å²) in [7, 11) is 2.09. The minimum Gasteiger partial charge on any atom is -0.375 e. The van der Waals surface area contributed by atoms with Crippen LogP contribution in [0.3, 0.4) is 0 Å². The van der Waals surface area contributed by atoms with Crippen LogP contribution in [0.1, 0.15) is 48.6 Å². The van der Waals surface area contributed by atoms with E-state index in [-0.39, 0.29) is 5.60 Å². The van der Waals surface area contributed by atoms with Gasteiger partial charge in [-0.2, -0.15) is 0 Å². The molecule has 2 fully saturated rings. The molecule has 1 saturated carbocycles. The smallest absolute Gasteiger partial charge is 0.0731 e. The number of hydrogen-bond donors (Lipinski definition) is 1. The van der Waals surface area contributed by atoms with Gasteiger partial charge in [0.15, 0.2) is 0 Å². The Morgan fingerprint density at radius 3 is 2.84 bits per heavy atom. The van der Waals surface area contributed by atoms with Gasteiger partial charge in [-0.3, -0.25) is 0 Å². The number of ether oxygens (including phenoxy) is 1. The molecule has 1 aliphatic heterocycles. The summed E-state index contributed by atoms with van der Waals surface area (Å²) in [6, 6.07) is 2.81. The summed E-state index contributed by atoms with van der Waals surface area (Å²) in [4.78, 5) is 1.47. The maximum Gasteiger partial charge on any atom is 0.0731 e. The quantitative estimate of drug-likeness (QED) is 0.876. The molecule has 0 bridgehead atoms. The van der Waals surface area contributed by atoms with E-state index in [1.807, 2.05) is 11.3 Å². The Hall–Kier alpha value is 0.1000. The van der Waals surface area contributed by atoms with Gasteiger partial charge < -0.3 is 10.1 Å². The van der Waals surface area contributed by atoms with Gasteiger partial charge in [0, 0.05) is 17.5 Å². The van der Waals surface area contributed by atoms with Crippen molar-refractivity contribution in [3.63, 3.8) is 0 Å². The van der Waals surface area contributed by atoms with Crippen molar-refractivity contribution in [2.24, 2.45) is 5.92 Å². The second-order valence-corrected chi connectivity index (χ2v) is 8.41. The first-order valence-corrected chi connectivity index (χ1v) is 8.81. The van der Waals surface area contributed by atoms with Gasteiger partial charge in [0.05, 0.1) is 9.39 Å². The van der Waals surface area contributed by atoms with Crippen LogP contribution >= 0.6 is 27.3 Å². The SMILES string of the molecule is CNC(c1cc(C)c(Br)s1)C1CCOC2(CCC2)C1. The van der Waals surface area contributed by atoms with Crippen LogP contribution in [0, 0.1) is 12.8 Å². The van der Waals surface area contributed by atoms with E-state index in [9.17, 15) is 0 Å². The Balaban J connectivity index is 1.77. The molecule has 1 aliphatic carbocycles. The van der Waals surface area contributed by atoms with Crippen molar-refractivity contribution in [2.75, 3.05) is 13.7 Å². The number of rotatable bonds is 3. The van der Waals surface area contributed by atoms with E-state index < -0.39 is 0 Å². The maximum absolute atomic E-state index is 6.06. The van der Waals surface area contributed by atoms with Gasteiger partial charge in [0.25, 0.3) is 0 Å². The van der Waals surface area contributed by atoms with Crippen molar-refractivity contribution >= 4 is 27.3 Å². The summed E-state index contributed by atoms with van der Waals surface area (Å²) in [5.74, 6) is 0.712. The van der Waals surface area contributed by atoms with Crippen molar-refractivity contribution in [2.45, 2.75) is 50.7 Å². The fraction of sp³-hybridized carbons (Fsp3) is 0.733. The van der Waals surface area contributed by atoms with Gasteiger partial charge in [0.2, 0.25) is 0 Å². The van der Waals surface area contributed by atoms with Crippen molar-refractivity contribution in [1.82, 2.24) is 5.32 Å². The molecule has 0 radical (unpaired) electrons. The molecule has 4 heteroatoms. The molecular formula is C15H22BrNOS. The highest BCUT2D eigenvalue weighted by Crippen LogP contribution is 2.48. The minimum absolute atomic E-state index is 0.238. The zero-order valence-electron chi connectivity index (χ0n) is 11.7. The summed E-state index contributed by atoms with van der Waals surface area (Å²) in [5.41, 5.74) is 1.59. The Morgan fingerprint density at radius 2 is 2.32 bits per heavy atom. The average Bonchev–Trinajstić information content (AvgIpc) is 2.69. The van der Waals surface area contributed by atoms with E-state index in [0.717, 1.165) is 6.61 Å². The summed E-state index contributed by atoms with van der Waals surface area (Å²) in [5, 5.41) is 3.55. The fourth-order valence-electron chi connectivity index (χ4n) is 3.52. The first-order chi connectivity index (χ1) is 9.13. The molecule has 2 unspecified atom stereocenters. The van der Waals surface area contributed by atoms with Crippen molar-refractivity contribution in [1.29, 1.82) is 0 Å². The highest BCUT2D eigenvalue weighted by atomic mass is 79.9. The molecule has 1 N–H and O–H groups in total. The number of hydrogen-bond acceptors (Lipinski definition) is 3. The third kappa shape index (κ3) is 2.65. The van der Waals surface area contributed by atoms with Crippen LogP contribution < -0.4 is 5.32 Å². The van der Waals surface area contributed by atoms with E-state index in [1.165, 1.54) is 46.3 Å². The van der Waals surface area contributed by atoms with Gasteiger partial charge in [0.1, 0.15) is 0 Å². The first kappa shape index (κ1) is 14.1. The lowest BCUT2D eigenvalue weighted by Crippen LogP contribution is -2.47. The molecule has 1 aromatic rings. The van der Waals surface area contributed by atoms with Crippen molar-refractivity contribution in [3.8, 4) is 0 Å². The standard InChI is InChI=1S/C15H22BrNOS/c1-10-8-12(19-14(10)16)13(17-2)11-4-7-18-15(9-11)5-3-6-15/h8,11,13,17H,3-7,9H2,1-2H3. The van der Waals surface area contributed by atoms with Crippen molar-refractivity contribution in [3.05, 3.63) is 20.3 Å². The molecule has 3 rings (SSSR count). The summed E-state index contributed by atoms with van der Waals surface area (Å²) >= 11 is 5.53. The van der Waals surface area contributed by atoms with Crippen LogP contribution in [0.25, 0.3) is 0 Å². The van der Waals surface area contributed by atoms with Gasteiger partial charge in [-0.15, -0.1) is 11.3 Å². The zero-order chi connectivity index (χ0) is 13.5. The molecule has 2 heterocycles. The van der Waals surface area contributed by atoms with Crippen LogP contribution in [0.2, 0.25) is 0 Å². The first-order valence-electron chi connectivity index (χ1n) is 7.21. The maximum atomic E-state index is 6.06. The summed E-state index contributed by atoms with van der Waals surface area (Å²) in [6.07, 6.45) is 6.30. The van der Waals surface area contributed by atoms with Crippen LogP contribution in [0.15, 0.2) is 9.85 Å². The number of aryl methyl sites for hydroxylation is 1. The molecule has 1 spiro atoms. The Bertz CT molecular complexity index is 435. The van der Waals surface area contributed by atoms with Gasteiger partial charge in [-0.05, 0) is 79.6 Å². The molecule has 1 saturated heterocycles. The normalized spacial score (nSPS) is 27.2. The van der Waals surface area contributed by atoms with Gasteiger partial charge in [-0.25, -0.2) is 0 Å². The number of halogens is 1. The van der Waals surface area contributed by atoms with Gasteiger partial charge >= 0.3 is 0 Å². The molecular weight excluding hydrogens is 322 g/mol. The van der Waals surface area contributed by atoms with Crippen LogP contribution in [0.4, 0.5) is 0 Å². The van der Waals surface area contributed by atoms with E-state index in [1.54, 1.807) is 0 Å². The van der Waals surface area contributed by atoms with E-state index in [4.69, 9.17) is 4.74 Å². The molecule has 2 atom stereocenters. The van der Waals surface area contributed by atoms with Crippen LogP contribution in [0.5, 0.6) is 0 Å². The topological polar surface area (TPSA) is 21.3 Å². The summed E-state index contributed by atoms with van der Waals surface area (Å²) in [6.45, 7) is 3.11. The molecule has 2 nitrogen and oxygen atoms in total. The Labute approximate surface area is 128 Å². The lowest BCUT2D eigenvalue weighted by atomic mass is 9.70. The second kappa shape index (κ2) is 5.47. The molecule has 0 aromatic carbocycles. The van der Waals surface area contributed by atoms with Crippen LogP contribution in [-0.4, -0.2) is 19.3 Å². The molecule has 1 aromatic heterocycles. The molecule has 19 heavy (non-hydrogen) atoms. The van der Waals surface area contributed by atoms with E-state index in [0.29, 0.717) is 12.0 Å². The number of thiophene rings is 1. The summed E-state index contributed by atoms with van der Waals surface area (Å²) < 4.78 is 7.33. The highest BCUT2D eigenvalue weighted by molar-refractivity contribution is 9.11. The predicted molar refractivity (Wildman–Crippen MR) is 83.8 cm³/mol. The molecule has 0 amide bonds. The van der Waals surface area contributed by atoms with Crippen LogP contribution in [-0.2, 0) is 4.74 Å². The van der Waals surface area contributed by atoms with Gasteiger partial charge in [-0.1, -0.05) is 0 Å². The third-order valence-electron chi connectivity index (χ3n) is 4.76. The Morgan fingerprint density at radius 1 is 1.53 bits per heavy atom. The van der Waals surface area contributed by atoms with E-state index in [2.05, 4.69) is 41.3 Å². The predicted octanol–water partition coefficient (Wildman–Crippen LogP) is 4.43. The highest BCUT2D eigenvalue weighted by Gasteiger charge is 2.44. The minimum atomic E-state index is 0.238. The second-order valence-electron chi connectivity index (χ2n) is 6.01.